The zero-order valence-electron chi connectivity index (χ0n) is 14.1. The smallest absolute Gasteiger partial charge is 0.251 e. The molecule has 0 saturated heterocycles. The van der Waals surface area contributed by atoms with E-state index in [9.17, 15) is 4.79 Å². The Morgan fingerprint density at radius 3 is 2.67 bits per heavy atom. The standard InChI is InChI=1S/C19H21N3O2/c1-13(2)20-19(23)15-6-8-17(9-7-15)24-12-16-11-22-10-4-5-14(3)18(22)21-16/h4-11,13H,12H2,1-3H3,(H,20,23). The molecule has 1 amide bonds. The van der Waals surface area contributed by atoms with E-state index in [1.165, 1.54) is 0 Å². The normalized spacial score (nSPS) is 11.0. The van der Waals surface area contributed by atoms with Gasteiger partial charge < -0.3 is 14.5 Å². The predicted octanol–water partition coefficient (Wildman–Crippen LogP) is 3.36. The molecule has 124 valence electrons. The minimum Gasteiger partial charge on any atom is -0.487 e. The summed E-state index contributed by atoms with van der Waals surface area (Å²) in [6.45, 7) is 6.30. The van der Waals surface area contributed by atoms with Crippen LogP contribution in [-0.2, 0) is 6.61 Å². The Hall–Kier alpha value is -2.82. The van der Waals surface area contributed by atoms with Crippen LogP contribution >= 0.6 is 0 Å². The van der Waals surface area contributed by atoms with Crippen molar-refractivity contribution < 1.29 is 9.53 Å². The molecule has 2 heterocycles. The number of amides is 1. The second-order valence-corrected chi connectivity index (χ2v) is 6.10. The molecule has 3 aromatic rings. The molecule has 1 N–H and O–H groups in total. The third kappa shape index (κ3) is 3.56. The molecule has 1 aromatic carbocycles. The Bertz CT molecular complexity index is 851. The summed E-state index contributed by atoms with van der Waals surface area (Å²) >= 11 is 0. The Morgan fingerprint density at radius 1 is 1.25 bits per heavy atom. The van der Waals surface area contributed by atoms with Gasteiger partial charge in [0.2, 0.25) is 0 Å². The Labute approximate surface area is 141 Å². The minimum absolute atomic E-state index is 0.0765. The summed E-state index contributed by atoms with van der Waals surface area (Å²) in [5, 5.41) is 2.86. The van der Waals surface area contributed by atoms with Crippen molar-refractivity contribution in [2.75, 3.05) is 0 Å². The fourth-order valence-electron chi connectivity index (χ4n) is 2.48. The van der Waals surface area contributed by atoms with Gasteiger partial charge in [0.05, 0.1) is 5.69 Å². The third-order valence-corrected chi connectivity index (χ3v) is 3.65. The number of hydrogen-bond donors (Lipinski definition) is 1. The van der Waals surface area contributed by atoms with Crippen LogP contribution in [0, 0.1) is 6.92 Å². The summed E-state index contributed by atoms with van der Waals surface area (Å²) in [6.07, 6.45) is 3.94. The number of aryl methyl sites for hydroxylation is 1. The maximum Gasteiger partial charge on any atom is 0.251 e. The van der Waals surface area contributed by atoms with Gasteiger partial charge in [0.1, 0.15) is 18.0 Å². The Kier molecular flexibility index (Phi) is 4.51. The van der Waals surface area contributed by atoms with Gasteiger partial charge in [-0.2, -0.15) is 0 Å². The minimum atomic E-state index is -0.0765. The number of hydrogen-bond acceptors (Lipinski definition) is 3. The molecule has 24 heavy (non-hydrogen) atoms. The second-order valence-electron chi connectivity index (χ2n) is 6.10. The number of nitrogens with one attached hydrogen (secondary N) is 1. The van der Waals surface area contributed by atoms with Gasteiger partial charge in [-0.25, -0.2) is 4.98 Å². The predicted molar refractivity (Wildman–Crippen MR) is 93.3 cm³/mol. The molecule has 5 heteroatoms. The third-order valence-electron chi connectivity index (χ3n) is 3.65. The number of nitrogens with zero attached hydrogens (tertiary/aromatic N) is 2. The van der Waals surface area contributed by atoms with Gasteiger partial charge in [0.15, 0.2) is 0 Å². The highest BCUT2D eigenvalue weighted by Crippen LogP contribution is 2.15. The zero-order chi connectivity index (χ0) is 17.1. The highest BCUT2D eigenvalue weighted by molar-refractivity contribution is 5.94. The quantitative estimate of drug-likeness (QED) is 0.783. The van der Waals surface area contributed by atoms with E-state index < -0.39 is 0 Å². The molecule has 0 aliphatic heterocycles. The number of benzene rings is 1. The van der Waals surface area contributed by atoms with Crippen LogP contribution in [-0.4, -0.2) is 21.3 Å². The van der Waals surface area contributed by atoms with Gasteiger partial charge in [0.25, 0.3) is 5.91 Å². The van der Waals surface area contributed by atoms with Crippen LogP contribution in [0.5, 0.6) is 5.75 Å². The average molecular weight is 323 g/mol. The van der Waals surface area contributed by atoms with Crippen LogP contribution in [0.15, 0.2) is 48.8 Å². The first-order valence-electron chi connectivity index (χ1n) is 8.00. The van der Waals surface area contributed by atoms with Crippen molar-refractivity contribution in [1.82, 2.24) is 14.7 Å². The topological polar surface area (TPSA) is 55.6 Å². The number of carbonyl (C=O) groups is 1. The molecule has 0 atom stereocenters. The number of imidazole rings is 1. The number of rotatable bonds is 5. The molecule has 2 aromatic heterocycles. The van der Waals surface area contributed by atoms with E-state index in [2.05, 4.69) is 10.3 Å². The molecule has 0 spiro atoms. The molecule has 0 aliphatic rings. The second kappa shape index (κ2) is 6.74. The zero-order valence-corrected chi connectivity index (χ0v) is 14.1. The fraction of sp³-hybridized carbons (Fsp3) is 0.263. The van der Waals surface area contributed by atoms with Crippen molar-refractivity contribution in [3.8, 4) is 5.75 Å². The van der Waals surface area contributed by atoms with Crippen molar-refractivity contribution in [2.24, 2.45) is 0 Å². The average Bonchev–Trinajstić information content (AvgIpc) is 2.97. The van der Waals surface area contributed by atoms with Crippen LogP contribution in [0.2, 0.25) is 0 Å². The first kappa shape index (κ1) is 16.1. The van der Waals surface area contributed by atoms with E-state index in [4.69, 9.17) is 4.74 Å². The fourth-order valence-corrected chi connectivity index (χ4v) is 2.48. The number of pyridine rings is 1. The van der Waals surface area contributed by atoms with E-state index in [1.54, 1.807) is 24.3 Å². The van der Waals surface area contributed by atoms with Crippen molar-refractivity contribution in [2.45, 2.75) is 33.4 Å². The Morgan fingerprint density at radius 2 is 2.00 bits per heavy atom. The monoisotopic (exact) mass is 323 g/mol. The van der Waals surface area contributed by atoms with Gasteiger partial charge in [0, 0.05) is 24.0 Å². The maximum absolute atomic E-state index is 11.9. The summed E-state index contributed by atoms with van der Waals surface area (Å²) in [6, 6.07) is 11.3. The lowest BCUT2D eigenvalue weighted by molar-refractivity contribution is 0.0943. The van der Waals surface area contributed by atoms with Crippen LogP contribution in [0.1, 0.15) is 35.5 Å². The first-order valence-corrected chi connectivity index (χ1v) is 8.00. The van der Waals surface area contributed by atoms with Crippen molar-refractivity contribution in [1.29, 1.82) is 0 Å². The molecule has 0 fully saturated rings. The summed E-state index contributed by atoms with van der Waals surface area (Å²) in [5.41, 5.74) is 3.56. The largest absolute Gasteiger partial charge is 0.487 e. The maximum atomic E-state index is 11.9. The van der Waals surface area contributed by atoms with Gasteiger partial charge in [-0.05, 0) is 56.7 Å². The lowest BCUT2D eigenvalue weighted by Gasteiger charge is -2.09. The number of ether oxygens (including phenoxy) is 1. The molecule has 3 rings (SSSR count). The highest BCUT2D eigenvalue weighted by atomic mass is 16.5. The van der Waals surface area contributed by atoms with Crippen LogP contribution < -0.4 is 10.1 Å². The summed E-state index contributed by atoms with van der Waals surface area (Å²) in [4.78, 5) is 16.5. The molecule has 0 unspecified atom stereocenters. The molecular weight excluding hydrogens is 302 g/mol. The number of fused-ring (bicyclic) bond motifs is 1. The van der Waals surface area contributed by atoms with Gasteiger partial charge >= 0.3 is 0 Å². The number of aromatic nitrogens is 2. The van der Waals surface area contributed by atoms with E-state index >= 15 is 0 Å². The van der Waals surface area contributed by atoms with Crippen LogP contribution in [0.25, 0.3) is 5.65 Å². The summed E-state index contributed by atoms with van der Waals surface area (Å²) < 4.78 is 7.76. The molecule has 0 radical (unpaired) electrons. The lowest BCUT2D eigenvalue weighted by Crippen LogP contribution is -2.29. The SMILES string of the molecule is Cc1cccn2cc(COc3ccc(C(=O)NC(C)C)cc3)nc12. The van der Waals surface area contributed by atoms with Crippen molar-refractivity contribution >= 4 is 11.6 Å². The molecule has 0 aliphatic carbocycles. The van der Waals surface area contributed by atoms with Crippen molar-refractivity contribution in [3.05, 3.63) is 65.6 Å². The van der Waals surface area contributed by atoms with Crippen molar-refractivity contribution in [3.63, 3.8) is 0 Å². The number of carbonyl (C=O) groups excluding carboxylic acids is 1. The highest BCUT2D eigenvalue weighted by Gasteiger charge is 2.08. The summed E-state index contributed by atoms with van der Waals surface area (Å²) in [5.74, 6) is 0.636. The van der Waals surface area contributed by atoms with E-state index in [0.717, 1.165) is 16.9 Å². The lowest BCUT2D eigenvalue weighted by atomic mass is 10.2. The molecule has 0 saturated carbocycles. The van der Waals surface area contributed by atoms with Crippen LogP contribution in [0.4, 0.5) is 0 Å². The molecule has 5 nitrogen and oxygen atoms in total. The van der Waals surface area contributed by atoms with Gasteiger partial charge in [-0.1, -0.05) is 6.07 Å². The van der Waals surface area contributed by atoms with Crippen LogP contribution in [0.3, 0.4) is 0 Å². The van der Waals surface area contributed by atoms with Gasteiger partial charge in [-0.15, -0.1) is 0 Å². The summed E-state index contributed by atoms with van der Waals surface area (Å²) in [7, 11) is 0. The molecular formula is C19H21N3O2. The van der Waals surface area contributed by atoms with Gasteiger partial charge in [-0.3, -0.25) is 4.79 Å². The Balaban J connectivity index is 1.65. The van der Waals surface area contributed by atoms with E-state index in [1.807, 2.05) is 49.7 Å². The van der Waals surface area contributed by atoms with E-state index in [-0.39, 0.29) is 11.9 Å². The molecule has 0 bridgehead atoms. The first-order chi connectivity index (χ1) is 11.5. The van der Waals surface area contributed by atoms with E-state index in [0.29, 0.717) is 17.9 Å².